The van der Waals surface area contributed by atoms with Crippen molar-refractivity contribution < 1.29 is 50.8 Å². The fourth-order valence-corrected chi connectivity index (χ4v) is 4.66. The Balaban J connectivity index is 2.60. The van der Waals surface area contributed by atoms with Crippen molar-refractivity contribution >= 4 is 23.9 Å². The van der Waals surface area contributed by atoms with Gasteiger partial charge in [0, 0.05) is 0 Å². The van der Waals surface area contributed by atoms with Crippen LogP contribution in [0, 0.1) is 0 Å². The Labute approximate surface area is 135 Å². The molecule has 1 heterocycles. The summed E-state index contributed by atoms with van der Waals surface area (Å²) in [5.41, 5.74) is 2.99. The summed E-state index contributed by atoms with van der Waals surface area (Å²) >= 11 is -3.25. The van der Waals surface area contributed by atoms with E-state index < -0.39 is 67.5 Å². The average Bonchev–Trinajstić information content (AvgIpc) is 2.56. The van der Waals surface area contributed by atoms with Crippen molar-refractivity contribution in [2.75, 3.05) is 13.2 Å². The van der Waals surface area contributed by atoms with E-state index in [2.05, 4.69) is 4.18 Å². The fourth-order valence-electron chi connectivity index (χ4n) is 1.90. The van der Waals surface area contributed by atoms with Gasteiger partial charge < -0.3 is 0 Å². The summed E-state index contributed by atoms with van der Waals surface area (Å²) in [4.78, 5) is 0. The molecule has 0 aromatic rings. The van der Waals surface area contributed by atoms with Crippen molar-refractivity contribution in [3.8, 4) is 0 Å². The van der Waals surface area contributed by atoms with Gasteiger partial charge in [-0.2, -0.15) is 0 Å². The Morgan fingerprint density at radius 2 is 1.87 bits per heavy atom. The number of hydrogen-bond donors (Lipinski definition) is 5. The van der Waals surface area contributed by atoms with Crippen molar-refractivity contribution in [3.63, 3.8) is 0 Å². The second kappa shape index (κ2) is 7.48. The molecule has 13 heteroatoms. The summed E-state index contributed by atoms with van der Waals surface area (Å²) in [5.74, 6) is -2.66. The first-order chi connectivity index (χ1) is 10.2. The molecule has 5 atom stereocenters. The number of rotatable bonds is 8. The molecule has 1 aliphatic heterocycles. The van der Waals surface area contributed by atoms with Crippen LogP contribution in [-0.4, -0.2) is 90.5 Å². The Kier molecular flexibility index (Phi) is 6.84. The standard InChI is InChI=1S/C10H21AsO11S/c1-11(2,16)3-7-8(13)9(14)10(15,22-7)20-4-6(12)5-21-23(17,18)19/h6-9,12-15H,3-5H2,1-2H3,(H,17,18,19)/t6?,7-,8-,9-,10-/m1/s1. The van der Waals surface area contributed by atoms with E-state index in [4.69, 9.17) is 14.0 Å². The van der Waals surface area contributed by atoms with Crippen molar-refractivity contribution in [2.45, 2.75) is 47.0 Å². The third kappa shape index (κ3) is 6.78. The van der Waals surface area contributed by atoms with Gasteiger partial charge in [-0.25, -0.2) is 0 Å². The molecular formula is C10H21AsO11S. The Hall–Kier alpha value is -0.0116. The first kappa shape index (κ1) is 21.0. The van der Waals surface area contributed by atoms with E-state index in [0.29, 0.717) is 0 Å². The van der Waals surface area contributed by atoms with E-state index in [1.807, 2.05) is 0 Å². The van der Waals surface area contributed by atoms with Gasteiger partial charge in [-0.15, -0.1) is 0 Å². The predicted octanol–water partition coefficient (Wildman–Crippen LogP) is -2.41. The molecule has 5 N–H and O–H groups in total. The Morgan fingerprint density at radius 3 is 2.35 bits per heavy atom. The van der Waals surface area contributed by atoms with Crippen LogP contribution in [0.1, 0.15) is 0 Å². The van der Waals surface area contributed by atoms with Gasteiger partial charge in [0.15, 0.2) is 0 Å². The van der Waals surface area contributed by atoms with Crippen LogP contribution in [0.5, 0.6) is 0 Å². The molecule has 11 nitrogen and oxygen atoms in total. The molecule has 23 heavy (non-hydrogen) atoms. The van der Waals surface area contributed by atoms with E-state index in [1.54, 1.807) is 0 Å². The zero-order valence-electron chi connectivity index (χ0n) is 12.5. The molecular weight excluding hydrogens is 403 g/mol. The van der Waals surface area contributed by atoms with Crippen LogP contribution in [0.4, 0.5) is 0 Å². The molecule has 138 valence electrons. The summed E-state index contributed by atoms with van der Waals surface area (Å²) in [5, 5.41) is 39.0. The van der Waals surface area contributed by atoms with Crippen LogP contribution in [0.25, 0.3) is 0 Å². The van der Waals surface area contributed by atoms with E-state index >= 15 is 0 Å². The van der Waals surface area contributed by atoms with E-state index in [-0.39, 0.29) is 5.21 Å². The monoisotopic (exact) mass is 424 g/mol. The van der Waals surface area contributed by atoms with Gasteiger partial charge in [-0.05, 0) is 0 Å². The van der Waals surface area contributed by atoms with E-state index in [9.17, 15) is 32.6 Å². The minimum atomic E-state index is -4.75. The zero-order valence-corrected chi connectivity index (χ0v) is 15.2. The van der Waals surface area contributed by atoms with Crippen molar-refractivity contribution in [3.05, 3.63) is 0 Å². The van der Waals surface area contributed by atoms with Crippen molar-refractivity contribution in [1.82, 2.24) is 0 Å². The van der Waals surface area contributed by atoms with Crippen molar-refractivity contribution in [1.29, 1.82) is 0 Å². The van der Waals surface area contributed by atoms with Crippen LogP contribution in [0.2, 0.25) is 16.6 Å². The number of ether oxygens (including phenoxy) is 2. The maximum atomic E-state index is 11.8. The molecule has 1 fully saturated rings. The molecule has 0 aromatic carbocycles. The molecule has 0 bridgehead atoms. The summed E-state index contributed by atoms with van der Waals surface area (Å²) in [6.07, 6.45) is -6.15. The van der Waals surface area contributed by atoms with Gasteiger partial charge in [0.2, 0.25) is 0 Å². The SMILES string of the molecule is C[As](C)(=O)C[C@H]1O[C@](O)(OCC(O)COS(=O)(=O)O)[C@H](O)[C@@H]1O. The minimum absolute atomic E-state index is 0.0590. The summed E-state index contributed by atoms with van der Waals surface area (Å²) in [6, 6.07) is 0. The van der Waals surface area contributed by atoms with Crippen LogP contribution in [-0.2, 0) is 27.8 Å². The van der Waals surface area contributed by atoms with Gasteiger partial charge in [-0.3, -0.25) is 0 Å². The van der Waals surface area contributed by atoms with Gasteiger partial charge >= 0.3 is 135 Å². The Morgan fingerprint density at radius 1 is 1.30 bits per heavy atom. The van der Waals surface area contributed by atoms with Crippen molar-refractivity contribution in [2.24, 2.45) is 0 Å². The molecule has 0 spiro atoms. The molecule has 0 aliphatic carbocycles. The maximum absolute atomic E-state index is 11.8. The second-order valence-electron chi connectivity index (χ2n) is 5.66. The fraction of sp³-hybridized carbons (Fsp3) is 1.00. The van der Waals surface area contributed by atoms with Crippen LogP contribution in [0.15, 0.2) is 0 Å². The number of aliphatic hydroxyl groups is 4. The van der Waals surface area contributed by atoms with Gasteiger partial charge in [0.1, 0.15) is 0 Å². The van der Waals surface area contributed by atoms with Gasteiger partial charge in [0.05, 0.1) is 0 Å². The summed E-state index contributed by atoms with van der Waals surface area (Å²) in [7, 11) is -4.75. The molecule has 0 aromatic heterocycles. The predicted molar refractivity (Wildman–Crippen MR) is 74.3 cm³/mol. The molecule has 0 saturated carbocycles. The molecule has 1 rings (SSSR count). The Bertz CT molecular complexity index is 545. The van der Waals surface area contributed by atoms with Crippen LogP contribution >= 0.6 is 0 Å². The quantitative estimate of drug-likeness (QED) is 0.159. The molecule has 1 unspecified atom stereocenters. The van der Waals surface area contributed by atoms with E-state index in [1.165, 1.54) is 11.4 Å². The summed E-state index contributed by atoms with van der Waals surface area (Å²) < 4.78 is 54.5. The van der Waals surface area contributed by atoms with E-state index in [0.717, 1.165) is 0 Å². The van der Waals surface area contributed by atoms with Gasteiger partial charge in [0.25, 0.3) is 0 Å². The second-order valence-corrected chi connectivity index (χ2v) is 14.1. The molecule has 0 radical (unpaired) electrons. The molecule has 1 aliphatic rings. The average molecular weight is 424 g/mol. The first-order valence-corrected chi connectivity index (χ1v) is 13.7. The van der Waals surface area contributed by atoms with Crippen LogP contribution in [0.3, 0.4) is 0 Å². The first-order valence-electron chi connectivity index (χ1n) is 6.48. The summed E-state index contributed by atoms with van der Waals surface area (Å²) in [6.45, 7) is -1.59. The molecule has 1 saturated heterocycles. The van der Waals surface area contributed by atoms with Gasteiger partial charge in [-0.1, -0.05) is 0 Å². The molecule has 0 amide bonds. The third-order valence-corrected chi connectivity index (χ3v) is 5.94. The topological polar surface area (TPSA) is 180 Å². The van der Waals surface area contributed by atoms with Crippen LogP contribution < -0.4 is 0 Å². The number of hydrogen-bond acceptors (Lipinski definition) is 10. The zero-order chi connectivity index (χ0) is 18.1. The third-order valence-electron chi connectivity index (χ3n) is 2.91. The normalized spacial score (nSPS) is 33.8. The number of aliphatic hydroxyl groups excluding tert-OH is 3.